The molecule has 4 rings (SSSR count). The fourth-order valence-electron chi connectivity index (χ4n) is 4.04. The van der Waals surface area contributed by atoms with E-state index in [1.54, 1.807) is 0 Å². The minimum absolute atomic E-state index is 0.436. The van der Waals surface area contributed by atoms with Crippen LogP contribution in [0.2, 0.25) is 0 Å². The molecule has 0 heterocycles. The fourth-order valence-corrected chi connectivity index (χ4v) is 4.04. The molecule has 26 heavy (non-hydrogen) atoms. The molecule has 0 bridgehead atoms. The lowest BCUT2D eigenvalue weighted by Crippen LogP contribution is -2.21. The van der Waals surface area contributed by atoms with Gasteiger partial charge in [-0.3, -0.25) is 0 Å². The summed E-state index contributed by atoms with van der Waals surface area (Å²) >= 11 is 0. The summed E-state index contributed by atoms with van der Waals surface area (Å²) in [6.45, 7) is 1.03. The molecule has 2 aromatic carbocycles. The van der Waals surface area contributed by atoms with Gasteiger partial charge in [-0.2, -0.15) is 0 Å². The maximum Gasteiger partial charge on any atom is 0.316 e. The highest BCUT2D eigenvalue weighted by atomic mass is 16.2. The number of carbonyl (C=O) groups is 1. The number of urea groups is 1. The standard InChI is InChI=1S/C13H16N2O.C9H13N/c14-13(16)15-12-10-5-1-3-8(10)7-9-4-2-6-11(9)12;1-10(2)8-9-6-4-3-5-7-9/h7H,1-6H2,(H3,14,15,16);3-7H,8H2,1-2H3. The monoisotopic (exact) mass is 351 g/mol. The van der Waals surface area contributed by atoms with Crippen LogP contribution in [0.4, 0.5) is 10.5 Å². The maximum atomic E-state index is 11.1. The van der Waals surface area contributed by atoms with Crippen molar-refractivity contribution in [3.8, 4) is 0 Å². The van der Waals surface area contributed by atoms with Gasteiger partial charge < -0.3 is 16.0 Å². The first-order valence-corrected chi connectivity index (χ1v) is 9.46. The number of fused-ring (bicyclic) bond motifs is 2. The van der Waals surface area contributed by atoms with E-state index in [1.165, 1.54) is 40.7 Å². The number of hydrogen-bond acceptors (Lipinski definition) is 2. The number of aryl methyl sites for hydroxylation is 2. The number of rotatable bonds is 3. The van der Waals surface area contributed by atoms with Crippen molar-refractivity contribution in [1.29, 1.82) is 0 Å². The van der Waals surface area contributed by atoms with Gasteiger partial charge in [0.25, 0.3) is 0 Å². The smallest absolute Gasteiger partial charge is 0.316 e. The van der Waals surface area contributed by atoms with Crippen LogP contribution in [0.5, 0.6) is 0 Å². The van der Waals surface area contributed by atoms with Crippen LogP contribution < -0.4 is 11.1 Å². The van der Waals surface area contributed by atoms with Crippen LogP contribution in [-0.2, 0) is 32.2 Å². The van der Waals surface area contributed by atoms with Gasteiger partial charge in [0.15, 0.2) is 0 Å². The molecular weight excluding hydrogens is 322 g/mol. The van der Waals surface area contributed by atoms with Crippen molar-refractivity contribution in [2.75, 3.05) is 19.4 Å². The predicted molar refractivity (Wildman–Crippen MR) is 108 cm³/mol. The number of nitrogens with one attached hydrogen (secondary N) is 1. The van der Waals surface area contributed by atoms with Crippen molar-refractivity contribution in [1.82, 2.24) is 4.90 Å². The number of amides is 2. The molecule has 0 unspecified atom stereocenters. The summed E-state index contributed by atoms with van der Waals surface area (Å²) in [6, 6.07) is 12.4. The lowest BCUT2D eigenvalue weighted by atomic mass is 9.99. The van der Waals surface area contributed by atoms with E-state index in [1.807, 2.05) is 6.07 Å². The van der Waals surface area contributed by atoms with E-state index in [0.717, 1.165) is 37.9 Å². The third kappa shape index (κ3) is 4.44. The van der Waals surface area contributed by atoms with Crippen molar-refractivity contribution in [2.45, 2.75) is 45.1 Å². The molecule has 4 heteroatoms. The molecule has 0 fully saturated rings. The topological polar surface area (TPSA) is 58.4 Å². The van der Waals surface area contributed by atoms with Gasteiger partial charge >= 0.3 is 6.03 Å². The summed E-state index contributed by atoms with van der Waals surface area (Å²) in [4.78, 5) is 13.2. The average Bonchev–Trinajstić information content (AvgIpc) is 3.24. The van der Waals surface area contributed by atoms with E-state index in [-0.39, 0.29) is 0 Å². The van der Waals surface area contributed by atoms with Crippen molar-refractivity contribution < 1.29 is 4.79 Å². The Balaban J connectivity index is 0.000000170. The normalized spacial score (nSPS) is 14.4. The quantitative estimate of drug-likeness (QED) is 0.881. The van der Waals surface area contributed by atoms with Crippen LogP contribution in [0.3, 0.4) is 0 Å². The van der Waals surface area contributed by atoms with E-state index in [2.05, 4.69) is 54.6 Å². The van der Waals surface area contributed by atoms with Crippen molar-refractivity contribution >= 4 is 11.7 Å². The van der Waals surface area contributed by atoms with Crippen LogP contribution in [0.25, 0.3) is 0 Å². The molecule has 0 saturated carbocycles. The summed E-state index contributed by atoms with van der Waals surface area (Å²) in [5.74, 6) is 0. The summed E-state index contributed by atoms with van der Waals surface area (Å²) in [5.41, 5.74) is 13.2. The van der Waals surface area contributed by atoms with Gasteiger partial charge in [-0.1, -0.05) is 36.4 Å². The highest BCUT2D eigenvalue weighted by molar-refractivity contribution is 5.90. The molecule has 2 aromatic rings. The Morgan fingerprint density at radius 3 is 2.08 bits per heavy atom. The van der Waals surface area contributed by atoms with E-state index in [4.69, 9.17) is 5.73 Å². The third-order valence-corrected chi connectivity index (χ3v) is 5.06. The number of nitrogens with two attached hydrogens (primary N) is 1. The lowest BCUT2D eigenvalue weighted by Gasteiger charge is -2.14. The maximum absolute atomic E-state index is 11.1. The Hall–Kier alpha value is -2.33. The van der Waals surface area contributed by atoms with Crippen LogP contribution in [-0.4, -0.2) is 25.0 Å². The number of benzene rings is 2. The Labute approximate surface area is 156 Å². The summed E-state index contributed by atoms with van der Waals surface area (Å²) in [7, 11) is 4.15. The van der Waals surface area contributed by atoms with Crippen LogP contribution in [0.1, 0.15) is 40.7 Å². The largest absolute Gasteiger partial charge is 0.351 e. The molecule has 0 radical (unpaired) electrons. The van der Waals surface area contributed by atoms with Crippen molar-refractivity contribution in [3.63, 3.8) is 0 Å². The second kappa shape index (κ2) is 8.37. The van der Waals surface area contributed by atoms with Crippen LogP contribution in [0, 0.1) is 0 Å². The first kappa shape index (κ1) is 18.5. The Kier molecular flexibility index (Phi) is 5.94. The van der Waals surface area contributed by atoms with Gasteiger partial charge in [0.1, 0.15) is 0 Å². The van der Waals surface area contributed by atoms with E-state index >= 15 is 0 Å². The molecule has 3 N–H and O–H groups in total. The SMILES string of the molecule is CN(C)Cc1ccccc1.NC(=O)Nc1c2c(cc3c1CCC3)CCC2. The summed E-state index contributed by atoms with van der Waals surface area (Å²) in [5, 5.41) is 2.84. The Morgan fingerprint density at radius 1 is 1.00 bits per heavy atom. The van der Waals surface area contributed by atoms with Crippen LogP contribution >= 0.6 is 0 Å². The Morgan fingerprint density at radius 2 is 1.58 bits per heavy atom. The molecular formula is C22H29N3O. The number of carbonyl (C=O) groups excluding carboxylic acids is 1. The van der Waals surface area contributed by atoms with Crippen molar-refractivity contribution in [3.05, 3.63) is 64.2 Å². The van der Waals surface area contributed by atoms with E-state index in [0.29, 0.717) is 0 Å². The number of nitrogens with zero attached hydrogens (tertiary/aromatic N) is 1. The van der Waals surface area contributed by atoms with Crippen molar-refractivity contribution in [2.24, 2.45) is 5.73 Å². The zero-order valence-electron chi connectivity index (χ0n) is 15.8. The number of anilines is 1. The molecule has 0 saturated heterocycles. The number of primary amides is 1. The first-order chi connectivity index (χ1) is 12.5. The van der Waals surface area contributed by atoms with E-state index < -0.39 is 6.03 Å². The average molecular weight is 351 g/mol. The van der Waals surface area contributed by atoms with Gasteiger partial charge in [-0.05, 0) is 80.4 Å². The van der Waals surface area contributed by atoms with E-state index in [9.17, 15) is 4.79 Å². The molecule has 2 aliphatic carbocycles. The molecule has 2 amide bonds. The Bertz CT molecular complexity index is 736. The zero-order chi connectivity index (χ0) is 18.5. The molecule has 0 atom stereocenters. The molecule has 4 nitrogen and oxygen atoms in total. The van der Waals surface area contributed by atoms with Gasteiger partial charge in [0.05, 0.1) is 0 Å². The summed E-state index contributed by atoms with van der Waals surface area (Å²) < 4.78 is 0. The molecule has 138 valence electrons. The van der Waals surface area contributed by atoms with Gasteiger partial charge in [0, 0.05) is 12.2 Å². The van der Waals surface area contributed by atoms with Gasteiger partial charge in [-0.25, -0.2) is 4.79 Å². The van der Waals surface area contributed by atoms with Gasteiger partial charge in [0.2, 0.25) is 0 Å². The minimum atomic E-state index is -0.436. The second-order valence-electron chi connectivity index (χ2n) is 7.45. The zero-order valence-corrected chi connectivity index (χ0v) is 15.8. The highest BCUT2D eigenvalue weighted by Gasteiger charge is 2.24. The molecule has 2 aliphatic rings. The van der Waals surface area contributed by atoms with Crippen LogP contribution in [0.15, 0.2) is 36.4 Å². The molecule has 0 aliphatic heterocycles. The lowest BCUT2D eigenvalue weighted by molar-refractivity contribution is 0.259. The molecule has 0 spiro atoms. The highest BCUT2D eigenvalue weighted by Crippen LogP contribution is 2.38. The second-order valence-corrected chi connectivity index (χ2v) is 7.45. The van der Waals surface area contributed by atoms with Gasteiger partial charge in [-0.15, -0.1) is 0 Å². The third-order valence-electron chi connectivity index (χ3n) is 5.06. The first-order valence-electron chi connectivity index (χ1n) is 9.46. The minimum Gasteiger partial charge on any atom is -0.351 e. The molecule has 0 aromatic heterocycles. The number of hydrogen-bond donors (Lipinski definition) is 2. The fraction of sp³-hybridized carbons (Fsp3) is 0.409. The predicted octanol–water partition coefficient (Wildman–Crippen LogP) is 3.90. The summed E-state index contributed by atoms with van der Waals surface area (Å²) in [6.07, 6.45) is 6.86.